The number of hydrogen-bond donors (Lipinski definition) is 1. The van der Waals surface area contributed by atoms with Gasteiger partial charge in [0, 0.05) is 6.54 Å². The predicted molar refractivity (Wildman–Crippen MR) is 117 cm³/mol. The quantitative estimate of drug-likeness (QED) is 0.628. The first kappa shape index (κ1) is 21.1. The van der Waals surface area contributed by atoms with Gasteiger partial charge in [0.2, 0.25) is 0 Å². The number of hydrogen-bond acceptors (Lipinski definition) is 4. The maximum Gasteiger partial charge on any atom is 0.254 e. The molecule has 2 aromatic carbocycles. The van der Waals surface area contributed by atoms with Gasteiger partial charge in [0.05, 0.1) is 30.6 Å². The predicted octanol–water partition coefficient (Wildman–Crippen LogP) is 3.90. The third-order valence-corrected chi connectivity index (χ3v) is 5.85. The van der Waals surface area contributed by atoms with Crippen molar-refractivity contribution in [3.8, 4) is 11.4 Å². The molecule has 31 heavy (non-hydrogen) atoms. The fourth-order valence-electron chi connectivity index (χ4n) is 4.14. The zero-order valence-electron chi connectivity index (χ0n) is 17.8. The van der Waals surface area contributed by atoms with Gasteiger partial charge < -0.3 is 10.1 Å². The van der Waals surface area contributed by atoms with Gasteiger partial charge in [-0.25, -0.2) is 9.07 Å². The van der Waals surface area contributed by atoms with E-state index in [0.717, 1.165) is 37.2 Å². The van der Waals surface area contributed by atoms with Crippen LogP contribution in [0.25, 0.3) is 5.69 Å². The number of amides is 1. The molecule has 1 aliphatic heterocycles. The van der Waals surface area contributed by atoms with Crippen LogP contribution in [0, 0.1) is 12.7 Å². The van der Waals surface area contributed by atoms with Crippen LogP contribution in [-0.4, -0.2) is 47.3 Å². The molecule has 1 aliphatic rings. The number of carbonyl (C=O) groups is 1. The summed E-state index contributed by atoms with van der Waals surface area (Å²) in [6.07, 6.45) is 3.80. The van der Waals surface area contributed by atoms with E-state index in [1.54, 1.807) is 32.2 Å². The first-order valence-electron chi connectivity index (χ1n) is 10.5. The third kappa shape index (κ3) is 4.46. The van der Waals surface area contributed by atoms with E-state index >= 15 is 0 Å². The van der Waals surface area contributed by atoms with Crippen molar-refractivity contribution in [2.45, 2.75) is 25.8 Å². The van der Waals surface area contributed by atoms with Crippen LogP contribution in [0.4, 0.5) is 4.39 Å². The Bertz CT molecular complexity index is 1060. The average molecular weight is 423 g/mol. The number of rotatable bonds is 7. The second-order valence-corrected chi connectivity index (χ2v) is 7.75. The standard InChI is InChI=1S/C24H27FN4O2/c1-17-20(15-27-29(17)22-11-4-3-10-21(22)25)24(30)26-16-23(28-12-5-6-13-28)18-8-7-9-19(14-18)31-2/h3-4,7-11,14-15,23H,5-6,12-13,16H2,1-2H3,(H,26,30). The van der Waals surface area contributed by atoms with Crippen LogP contribution >= 0.6 is 0 Å². The fraction of sp³-hybridized carbons (Fsp3) is 0.333. The Hall–Kier alpha value is -3.19. The van der Waals surface area contributed by atoms with E-state index in [-0.39, 0.29) is 17.8 Å². The molecule has 3 aromatic rings. The van der Waals surface area contributed by atoms with Crippen LogP contribution in [0.3, 0.4) is 0 Å². The summed E-state index contributed by atoms with van der Waals surface area (Å²) < 4.78 is 21.0. The summed E-state index contributed by atoms with van der Waals surface area (Å²) in [5, 5.41) is 7.31. The molecule has 0 saturated carbocycles. The summed E-state index contributed by atoms with van der Waals surface area (Å²) in [4.78, 5) is 15.4. The molecular formula is C24H27FN4O2. The van der Waals surface area contributed by atoms with Gasteiger partial charge in [-0.3, -0.25) is 9.69 Å². The molecule has 1 aromatic heterocycles. The molecule has 162 valence electrons. The van der Waals surface area contributed by atoms with E-state index in [1.807, 2.05) is 18.2 Å². The number of nitrogens with one attached hydrogen (secondary N) is 1. The van der Waals surface area contributed by atoms with Crippen LogP contribution in [0.2, 0.25) is 0 Å². The highest BCUT2D eigenvalue weighted by atomic mass is 19.1. The first-order chi connectivity index (χ1) is 15.1. The SMILES string of the molecule is COc1cccc(C(CNC(=O)c2cnn(-c3ccccc3F)c2C)N2CCCC2)c1. The second kappa shape index (κ2) is 9.31. The number of likely N-dealkylation sites (tertiary alicyclic amines) is 1. The van der Waals surface area contributed by atoms with Crippen molar-refractivity contribution < 1.29 is 13.9 Å². The number of methoxy groups -OCH3 is 1. The molecule has 1 fully saturated rings. The van der Waals surface area contributed by atoms with Gasteiger partial charge in [-0.05, 0) is 62.7 Å². The highest BCUT2D eigenvalue weighted by Crippen LogP contribution is 2.27. The van der Waals surface area contributed by atoms with Gasteiger partial charge in [-0.2, -0.15) is 5.10 Å². The van der Waals surface area contributed by atoms with Crippen molar-refractivity contribution in [2.75, 3.05) is 26.7 Å². The molecule has 1 atom stereocenters. The number of ether oxygens (including phenoxy) is 1. The summed E-state index contributed by atoms with van der Waals surface area (Å²) in [6.45, 7) is 4.24. The van der Waals surface area contributed by atoms with Crippen molar-refractivity contribution in [1.29, 1.82) is 0 Å². The molecule has 0 radical (unpaired) electrons. The van der Waals surface area contributed by atoms with Crippen molar-refractivity contribution in [3.63, 3.8) is 0 Å². The molecule has 1 unspecified atom stereocenters. The zero-order valence-corrected chi connectivity index (χ0v) is 17.8. The minimum Gasteiger partial charge on any atom is -0.497 e. The second-order valence-electron chi connectivity index (χ2n) is 7.75. The smallest absolute Gasteiger partial charge is 0.254 e. The van der Waals surface area contributed by atoms with Crippen molar-refractivity contribution in [2.24, 2.45) is 0 Å². The fourth-order valence-corrected chi connectivity index (χ4v) is 4.14. The Kier molecular flexibility index (Phi) is 6.32. The molecule has 1 amide bonds. The van der Waals surface area contributed by atoms with Crippen molar-refractivity contribution in [1.82, 2.24) is 20.0 Å². The Morgan fingerprint density at radius 2 is 1.97 bits per heavy atom. The number of halogens is 1. The lowest BCUT2D eigenvalue weighted by atomic mass is 10.0. The molecule has 0 bridgehead atoms. The highest BCUT2D eigenvalue weighted by Gasteiger charge is 2.25. The van der Waals surface area contributed by atoms with E-state index in [1.165, 1.54) is 16.9 Å². The Morgan fingerprint density at radius 3 is 2.71 bits per heavy atom. The van der Waals surface area contributed by atoms with E-state index < -0.39 is 0 Å². The normalized spacial score (nSPS) is 15.1. The minimum atomic E-state index is -0.382. The maximum absolute atomic E-state index is 14.2. The van der Waals surface area contributed by atoms with Gasteiger partial charge in [-0.1, -0.05) is 24.3 Å². The van der Waals surface area contributed by atoms with Gasteiger partial charge >= 0.3 is 0 Å². The van der Waals surface area contributed by atoms with Gasteiger partial charge in [0.15, 0.2) is 0 Å². The minimum absolute atomic E-state index is 0.0588. The lowest BCUT2D eigenvalue weighted by molar-refractivity contribution is 0.0937. The van der Waals surface area contributed by atoms with Gasteiger partial charge in [0.1, 0.15) is 17.3 Å². The Balaban J connectivity index is 1.52. The Labute approximate surface area is 181 Å². The van der Waals surface area contributed by atoms with Crippen LogP contribution in [0.5, 0.6) is 5.75 Å². The summed E-state index contributed by atoms with van der Waals surface area (Å²) in [5.74, 6) is 0.204. The number of para-hydroxylation sites is 1. The molecule has 7 heteroatoms. The lowest BCUT2D eigenvalue weighted by Crippen LogP contribution is -2.37. The highest BCUT2D eigenvalue weighted by molar-refractivity contribution is 5.95. The number of nitrogens with zero attached hydrogens (tertiary/aromatic N) is 3. The molecule has 1 saturated heterocycles. The maximum atomic E-state index is 14.2. The van der Waals surface area contributed by atoms with Crippen LogP contribution < -0.4 is 10.1 Å². The molecule has 4 rings (SSSR count). The average Bonchev–Trinajstić information content (AvgIpc) is 3.45. The van der Waals surface area contributed by atoms with E-state index in [9.17, 15) is 9.18 Å². The van der Waals surface area contributed by atoms with Crippen LogP contribution in [0.1, 0.15) is 40.5 Å². The van der Waals surface area contributed by atoms with Crippen molar-refractivity contribution in [3.05, 3.63) is 77.4 Å². The molecular weight excluding hydrogens is 395 g/mol. The largest absolute Gasteiger partial charge is 0.497 e. The third-order valence-electron chi connectivity index (χ3n) is 5.85. The van der Waals surface area contributed by atoms with E-state index in [0.29, 0.717) is 23.5 Å². The van der Waals surface area contributed by atoms with Crippen LogP contribution in [0.15, 0.2) is 54.7 Å². The topological polar surface area (TPSA) is 59.4 Å². The van der Waals surface area contributed by atoms with Crippen molar-refractivity contribution >= 4 is 5.91 Å². The van der Waals surface area contributed by atoms with E-state index in [4.69, 9.17) is 4.74 Å². The lowest BCUT2D eigenvalue weighted by Gasteiger charge is -2.28. The molecule has 6 nitrogen and oxygen atoms in total. The van der Waals surface area contributed by atoms with E-state index in [2.05, 4.69) is 21.4 Å². The van der Waals surface area contributed by atoms with Gasteiger partial charge in [-0.15, -0.1) is 0 Å². The number of benzene rings is 2. The van der Waals surface area contributed by atoms with Gasteiger partial charge in [0.25, 0.3) is 5.91 Å². The number of carbonyl (C=O) groups excluding carboxylic acids is 1. The summed E-state index contributed by atoms with van der Waals surface area (Å²) >= 11 is 0. The number of aromatic nitrogens is 2. The molecule has 0 spiro atoms. The molecule has 2 heterocycles. The first-order valence-corrected chi connectivity index (χ1v) is 10.5. The monoisotopic (exact) mass is 422 g/mol. The van der Waals surface area contributed by atoms with Crippen LogP contribution in [-0.2, 0) is 0 Å². The summed E-state index contributed by atoms with van der Waals surface area (Å²) in [5.41, 5.74) is 2.47. The summed E-state index contributed by atoms with van der Waals surface area (Å²) in [7, 11) is 1.65. The zero-order chi connectivity index (χ0) is 21.8. The molecule has 0 aliphatic carbocycles. The summed E-state index contributed by atoms with van der Waals surface area (Å²) in [6, 6.07) is 14.4. The Morgan fingerprint density at radius 1 is 1.19 bits per heavy atom. The molecule has 1 N–H and O–H groups in total.